The van der Waals surface area contributed by atoms with Crippen molar-refractivity contribution in [2.24, 2.45) is 5.92 Å². The van der Waals surface area contributed by atoms with Crippen LogP contribution < -0.4 is 10.6 Å². The van der Waals surface area contributed by atoms with E-state index in [1.54, 1.807) is 0 Å². The van der Waals surface area contributed by atoms with Crippen molar-refractivity contribution >= 4 is 17.8 Å². The van der Waals surface area contributed by atoms with Crippen LogP contribution in [0.1, 0.15) is 50.2 Å². The molecule has 1 aromatic carbocycles. The van der Waals surface area contributed by atoms with Gasteiger partial charge in [0.2, 0.25) is 11.8 Å². The summed E-state index contributed by atoms with van der Waals surface area (Å²) in [4.78, 5) is 37.4. The first-order valence-electron chi connectivity index (χ1n) is 11.2. The highest BCUT2D eigenvalue weighted by Gasteiger charge is 2.23. The highest BCUT2D eigenvalue weighted by molar-refractivity contribution is 5.86. The summed E-state index contributed by atoms with van der Waals surface area (Å²) >= 11 is 0. The Balaban J connectivity index is 2.00. The zero-order valence-corrected chi connectivity index (χ0v) is 18.5. The van der Waals surface area contributed by atoms with Crippen LogP contribution in [-0.2, 0) is 23.9 Å². The maximum absolute atomic E-state index is 12.9. The molecule has 0 aromatic heterocycles. The van der Waals surface area contributed by atoms with Crippen LogP contribution in [0.3, 0.4) is 0 Å². The number of aliphatic hydroxyl groups excluding tert-OH is 1. The Kier molecular flexibility index (Phi) is 12.1. The maximum Gasteiger partial charge on any atom is 0.306 e. The monoisotopic (exact) mass is 446 g/mol. The number of nitrogens with one attached hydrogen (secondary N) is 2. The van der Waals surface area contributed by atoms with Crippen LogP contribution in [0.5, 0.6) is 0 Å². The van der Waals surface area contributed by atoms with Crippen molar-refractivity contribution in [3.63, 3.8) is 0 Å². The number of ether oxygens (including phenoxy) is 2. The SMILES string of the molecule is O=C(CC1CC=CCCCCC(=O)OC(c2ccccc2)CNC1=O)NCCOCCO. The van der Waals surface area contributed by atoms with Gasteiger partial charge in [0.25, 0.3) is 0 Å². The van der Waals surface area contributed by atoms with E-state index in [4.69, 9.17) is 14.6 Å². The molecule has 0 fully saturated rings. The molecule has 0 saturated carbocycles. The lowest BCUT2D eigenvalue weighted by molar-refractivity contribution is -0.150. The first-order valence-corrected chi connectivity index (χ1v) is 11.2. The summed E-state index contributed by atoms with van der Waals surface area (Å²) in [6, 6.07) is 9.32. The minimum absolute atomic E-state index is 0.0476. The van der Waals surface area contributed by atoms with Crippen molar-refractivity contribution in [2.45, 2.75) is 44.6 Å². The molecule has 0 bridgehead atoms. The summed E-state index contributed by atoms with van der Waals surface area (Å²) in [5, 5.41) is 14.3. The van der Waals surface area contributed by atoms with Crippen molar-refractivity contribution in [1.82, 2.24) is 10.6 Å². The number of esters is 1. The van der Waals surface area contributed by atoms with E-state index in [0.29, 0.717) is 26.0 Å². The number of allylic oxidation sites excluding steroid dienone is 2. The Morgan fingerprint density at radius 1 is 1.16 bits per heavy atom. The van der Waals surface area contributed by atoms with E-state index in [9.17, 15) is 14.4 Å². The molecular weight excluding hydrogens is 412 g/mol. The zero-order valence-electron chi connectivity index (χ0n) is 18.5. The van der Waals surface area contributed by atoms with Gasteiger partial charge in [0.15, 0.2) is 0 Å². The highest BCUT2D eigenvalue weighted by atomic mass is 16.5. The van der Waals surface area contributed by atoms with Crippen molar-refractivity contribution in [1.29, 1.82) is 0 Å². The third-order valence-corrected chi connectivity index (χ3v) is 5.10. The Labute approximate surface area is 189 Å². The van der Waals surface area contributed by atoms with Crippen LogP contribution in [0.4, 0.5) is 0 Å². The second-order valence-electron chi connectivity index (χ2n) is 7.67. The molecule has 2 rings (SSSR count). The van der Waals surface area contributed by atoms with Gasteiger partial charge in [-0.3, -0.25) is 14.4 Å². The van der Waals surface area contributed by atoms with Gasteiger partial charge in [0.05, 0.1) is 32.3 Å². The minimum atomic E-state index is -0.579. The Bertz CT molecular complexity index is 737. The molecule has 32 heavy (non-hydrogen) atoms. The van der Waals surface area contributed by atoms with Crippen LogP contribution in [0.2, 0.25) is 0 Å². The van der Waals surface area contributed by atoms with E-state index in [-0.39, 0.29) is 44.0 Å². The van der Waals surface area contributed by atoms with Crippen LogP contribution >= 0.6 is 0 Å². The summed E-state index contributed by atoms with van der Waals surface area (Å²) in [6.45, 7) is 0.911. The highest BCUT2D eigenvalue weighted by Crippen LogP contribution is 2.19. The zero-order chi connectivity index (χ0) is 23.0. The van der Waals surface area contributed by atoms with Gasteiger partial charge in [0.1, 0.15) is 6.10 Å². The molecule has 1 aliphatic heterocycles. The van der Waals surface area contributed by atoms with Gasteiger partial charge in [0, 0.05) is 19.4 Å². The number of cyclic esters (lactones) is 1. The lowest BCUT2D eigenvalue weighted by atomic mass is 9.98. The molecule has 176 valence electrons. The summed E-state index contributed by atoms with van der Waals surface area (Å²) in [5.74, 6) is -1.30. The van der Waals surface area contributed by atoms with Gasteiger partial charge in [-0.25, -0.2) is 0 Å². The van der Waals surface area contributed by atoms with Gasteiger partial charge in [-0.1, -0.05) is 42.5 Å². The van der Waals surface area contributed by atoms with E-state index in [0.717, 1.165) is 24.8 Å². The number of hydrogen-bond donors (Lipinski definition) is 3. The fourth-order valence-electron chi connectivity index (χ4n) is 3.37. The number of carbonyl (C=O) groups is 3. The molecule has 0 radical (unpaired) electrons. The molecule has 3 N–H and O–H groups in total. The number of amides is 2. The fraction of sp³-hybridized carbons (Fsp3) is 0.542. The Morgan fingerprint density at radius 2 is 1.97 bits per heavy atom. The van der Waals surface area contributed by atoms with Crippen LogP contribution in [0, 0.1) is 5.92 Å². The lowest BCUT2D eigenvalue weighted by Gasteiger charge is -2.21. The first kappa shape index (κ1) is 25.5. The summed E-state index contributed by atoms with van der Waals surface area (Å²) < 4.78 is 10.8. The molecule has 2 amide bonds. The molecular formula is C24H34N2O6. The van der Waals surface area contributed by atoms with Crippen LogP contribution in [-0.4, -0.2) is 55.8 Å². The van der Waals surface area contributed by atoms with E-state index < -0.39 is 12.0 Å². The van der Waals surface area contributed by atoms with Crippen LogP contribution in [0.15, 0.2) is 42.5 Å². The van der Waals surface area contributed by atoms with E-state index in [1.807, 2.05) is 42.5 Å². The van der Waals surface area contributed by atoms with Crippen molar-refractivity contribution in [3.8, 4) is 0 Å². The largest absolute Gasteiger partial charge is 0.456 e. The molecule has 0 saturated heterocycles. The third kappa shape index (κ3) is 10.1. The molecule has 8 nitrogen and oxygen atoms in total. The van der Waals surface area contributed by atoms with Gasteiger partial charge in [-0.2, -0.15) is 0 Å². The fourth-order valence-corrected chi connectivity index (χ4v) is 3.37. The van der Waals surface area contributed by atoms with Crippen molar-refractivity contribution < 1.29 is 29.0 Å². The number of benzene rings is 1. The van der Waals surface area contributed by atoms with E-state index in [1.165, 1.54) is 0 Å². The predicted molar refractivity (Wildman–Crippen MR) is 120 cm³/mol. The van der Waals surface area contributed by atoms with Gasteiger partial charge in [-0.05, 0) is 31.2 Å². The second-order valence-corrected chi connectivity index (χ2v) is 7.67. The molecule has 0 spiro atoms. The summed E-state index contributed by atoms with van der Waals surface area (Å²) in [7, 11) is 0. The van der Waals surface area contributed by atoms with Gasteiger partial charge in [-0.15, -0.1) is 0 Å². The molecule has 8 heteroatoms. The number of aliphatic hydroxyl groups is 1. The van der Waals surface area contributed by atoms with E-state index >= 15 is 0 Å². The normalized spacial score (nSPS) is 20.7. The van der Waals surface area contributed by atoms with Gasteiger partial charge >= 0.3 is 5.97 Å². The van der Waals surface area contributed by atoms with Crippen molar-refractivity contribution in [3.05, 3.63) is 48.0 Å². The smallest absolute Gasteiger partial charge is 0.306 e. The molecule has 1 heterocycles. The van der Waals surface area contributed by atoms with Crippen molar-refractivity contribution in [2.75, 3.05) is 32.9 Å². The van der Waals surface area contributed by atoms with E-state index in [2.05, 4.69) is 10.6 Å². The molecule has 2 unspecified atom stereocenters. The lowest BCUT2D eigenvalue weighted by Crippen LogP contribution is -2.38. The van der Waals surface area contributed by atoms with Crippen LogP contribution in [0.25, 0.3) is 0 Å². The number of carbonyl (C=O) groups excluding carboxylic acids is 3. The summed E-state index contributed by atoms with van der Waals surface area (Å²) in [5.41, 5.74) is 0.810. The standard InChI is InChI=1S/C24H34N2O6/c27-14-16-31-15-13-25-22(28)17-20-11-5-2-1-3-8-12-23(29)32-21(18-26-24(20)30)19-9-6-4-7-10-19/h2,4-7,9-10,20-21,27H,1,3,8,11-18H2,(H,25,28)(H,26,30). The first-order chi connectivity index (χ1) is 15.6. The average Bonchev–Trinajstić information content (AvgIpc) is 2.80. The number of rotatable bonds is 8. The molecule has 1 aromatic rings. The Hall–Kier alpha value is -2.71. The quantitative estimate of drug-likeness (QED) is 0.320. The second kappa shape index (κ2) is 15.2. The molecule has 0 aliphatic carbocycles. The maximum atomic E-state index is 12.9. The van der Waals surface area contributed by atoms with Gasteiger partial charge < -0.3 is 25.2 Å². The third-order valence-electron chi connectivity index (χ3n) is 5.10. The molecule has 2 atom stereocenters. The molecule has 1 aliphatic rings. The summed E-state index contributed by atoms with van der Waals surface area (Å²) in [6.07, 6.45) is 6.58. The topological polar surface area (TPSA) is 114 Å². The predicted octanol–water partition coefficient (Wildman–Crippen LogP) is 2.04. The average molecular weight is 447 g/mol. The minimum Gasteiger partial charge on any atom is -0.456 e. The number of hydrogen-bond acceptors (Lipinski definition) is 6. The Morgan fingerprint density at radius 3 is 2.75 bits per heavy atom.